The number of methoxy groups -OCH3 is 1. The fourth-order valence-corrected chi connectivity index (χ4v) is 5.44. The first-order valence-electron chi connectivity index (χ1n) is 10.3. The van der Waals surface area contributed by atoms with Crippen LogP contribution in [0.5, 0.6) is 0 Å². The maximum Gasteiger partial charge on any atom is 0.328 e. The van der Waals surface area contributed by atoms with Crippen LogP contribution in [0.15, 0.2) is 60.8 Å². The van der Waals surface area contributed by atoms with Crippen LogP contribution in [-0.4, -0.2) is 30.0 Å². The van der Waals surface area contributed by atoms with Gasteiger partial charge in [0.05, 0.1) is 12.0 Å². The zero-order valence-corrected chi connectivity index (χ0v) is 17.9. The third kappa shape index (κ3) is 3.64. The van der Waals surface area contributed by atoms with Gasteiger partial charge in [-0.2, -0.15) is 0 Å². The Morgan fingerprint density at radius 2 is 1.87 bits per heavy atom. The zero-order chi connectivity index (χ0) is 21.4. The molecule has 0 aliphatic heterocycles. The second-order valence-corrected chi connectivity index (χ2v) is 8.79. The van der Waals surface area contributed by atoms with Crippen molar-refractivity contribution in [3.05, 3.63) is 82.4 Å². The number of nitrogens with one attached hydrogen (secondary N) is 2. The van der Waals surface area contributed by atoms with Gasteiger partial charge < -0.3 is 15.0 Å². The van der Waals surface area contributed by atoms with Crippen LogP contribution in [0.1, 0.15) is 26.4 Å². The van der Waals surface area contributed by atoms with Gasteiger partial charge in [0, 0.05) is 28.4 Å². The minimum Gasteiger partial charge on any atom is -0.467 e. The predicted molar refractivity (Wildman–Crippen MR) is 122 cm³/mol. The van der Waals surface area contributed by atoms with Crippen molar-refractivity contribution in [3.63, 3.8) is 0 Å². The number of amides is 1. The summed E-state index contributed by atoms with van der Waals surface area (Å²) in [5.74, 6) is -0.697. The Morgan fingerprint density at radius 1 is 1.10 bits per heavy atom. The zero-order valence-electron chi connectivity index (χ0n) is 17.1. The third-order valence-electron chi connectivity index (χ3n) is 5.85. The molecule has 1 aliphatic carbocycles. The molecule has 0 saturated heterocycles. The van der Waals surface area contributed by atoms with Gasteiger partial charge in [-0.3, -0.25) is 4.79 Å². The van der Waals surface area contributed by atoms with Crippen LogP contribution in [-0.2, 0) is 28.8 Å². The molecule has 156 valence electrons. The number of esters is 1. The van der Waals surface area contributed by atoms with Crippen LogP contribution >= 0.6 is 11.3 Å². The molecule has 0 radical (unpaired) electrons. The van der Waals surface area contributed by atoms with Crippen molar-refractivity contribution in [1.29, 1.82) is 0 Å². The van der Waals surface area contributed by atoms with E-state index in [1.165, 1.54) is 35.1 Å². The average molecular weight is 431 g/mol. The Balaban J connectivity index is 1.40. The van der Waals surface area contributed by atoms with Gasteiger partial charge in [-0.05, 0) is 47.2 Å². The van der Waals surface area contributed by atoms with Gasteiger partial charge in [-0.25, -0.2) is 4.79 Å². The van der Waals surface area contributed by atoms with Crippen molar-refractivity contribution in [1.82, 2.24) is 10.3 Å². The van der Waals surface area contributed by atoms with E-state index < -0.39 is 12.0 Å². The van der Waals surface area contributed by atoms with E-state index in [0.717, 1.165) is 34.2 Å². The summed E-state index contributed by atoms with van der Waals surface area (Å²) in [6.07, 6.45) is 4.14. The van der Waals surface area contributed by atoms with Crippen LogP contribution in [0.25, 0.3) is 21.3 Å². The molecule has 5 nitrogen and oxygen atoms in total. The molecule has 0 fully saturated rings. The van der Waals surface area contributed by atoms with Crippen molar-refractivity contribution < 1.29 is 14.3 Å². The number of H-pyrrole nitrogens is 1. The van der Waals surface area contributed by atoms with E-state index in [-0.39, 0.29) is 5.91 Å². The molecule has 0 spiro atoms. The summed E-state index contributed by atoms with van der Waals surface area (Å²) in [5.41, 5.74) is 5.68. The Hall–Kier alpha value is -3.38. The van der Waals surface area contributed by atoms with Crippen molar-refractivity contribution in [2.75, 3.05) is 7.11 Å². The normalized spacial score (nSPS) is 13.3. The maximum absolute atomic E-state index is 13.1. The molecule has 0 saturated carbocycles. The monoisotopic (exact) mass is 430 g/mol. The van der Waals surface area contributed by atoms with Crippen molar-refractivity contribution in [3.8, 4) is 10.4 Å². The average Bonchev–Trinajstić information content (AvgIpc) is 3.43. The number of aryl methyl sites for hydroxylation is 2. The summed E-state index contributed by atoms with van der Waals surface area (Å²) in [7, 11) is 1.34. The molecule has 4 aromatic rings. The Labute approximate surface area is 184 Å². The lowest BCUT2D eigenvalue weighted by molar-refractivity contribution is -0.142. The van der Waals surface area contributed by atoms with Crippen LogP contribution in [0.2, 0.25) is 0 Å². The van der Waals surface area contributed by atoms with E-state index in [0.29, 0.717) is 11.3 Å². The number of aromatic amines is 1. The highest BCUT2D eigenvalue weighted by Crippen LogP contribution is 2.39. The Kier molecular flexibility index (Phi) is 5.08. The quantitative estimate of drug-likeness (QED) is 0.458. The first-order chi connectivity index (χ1) is 15.1. The lowest BCUT2D eigenvalue weighted by Crippen LogP contribution is -2.42. The number of rotatable bonds is 5. The number of aromatic nitrogens is 1. The highest BCUT2D eigenvalue weighted by molar-refractivity contribution is 7.17. The summed E-state index contributed by atoms with van der Waals surface area (Å²) < 4.78 is 4.98. The maximum atomic E-state index is 13.1. The van der Waals surface area contributed by atoms with Crippen LogP contribution in [0.3, 0.4) is 0 Å². The smallest absolute Gasteiger partial charge is 0.328 e. The number of para-hydroxylation sites is 1. The van der Waals surface area contributed by atoms with Gasteiger partial charge in [-0.15, -0.1) is 11.3 Å². The molecular formula is C25H22N2O3S. The summed E-state index contributed by atoms with van der Waals surface area (Å²) >= 11 is 1.49. The molecule has 2 heterocycles. The first kappa shape index (κ1) is 19.6. The number of hydrogen-bond donors (Lipinski definition) is 2. The van der Waals surface area contributed by atoms with Gasteiger partial charge in [0.25, 0.3) is 5.91 Å². The number of hydrogen-bond acceptors (Lipinski definition) is 4. The number of ether oxygens (including phenoxy) is 1. The van der Waals surface area contributed by atoms with E-state index in [1.54, 1.807) is 0 Å². The summed E-state index contributed by atoms with van der Waals surface area (Å²) in [6, 6.07) is 17.4. The molecule has 31 heavy (non-hydrogen) atoms. The largest absolute Gasteiger partial charge is 0.467 e. The summed E-state index contributed by atoms with van der Waals surface area (Å²) in [5, 5.41) is 3.94. The minimum absolute atomic E-state index is 0.243. The molecule has 5 rings (SSSR count). The molecule has 0 bridgehead atoms. The van der Waals surface area contributed by atoms with Crippen LogP contribution < -0.4 is 5.32 Å². The van der Waals surface area contributed by atoms with E-state index in [1.807, 2.05) is 42.6 Å². The predicted octanol–water partition coefficient (Wildman–Crippen LogP) is 4.51. The fourth-order valence-electron chi connectivity index (χ4n) is 4.27. The molecule has 1 amide bonds. The van der Waals surface area contributed by atoms with Crippen molar-refractivity contribution in [2.24, 2.45) is 0 Å². The molecular weight excluding hydrogens is 408 g/mol. The SMILES string of the molecule is COC(=O)[C@@H](Cc1c[nH]c2ccccc12)NC(=O)c1cc2c(s1)-c1ccccc1CC2. The van der Waals surface area contributed by atoms with Gasteiger partial charge in [-0.1, -0.05) is 42.5 Å². The molecule has 2 N–H and O–H groups in total. The Morgan fingerprint density at radius 3 is 2.74 bits per heavy atom. The number of thiophene rings is 1. The van der Waals surface area contributed by atoms with Crippen LogP contribution in [0.4, 0.5) is 0 Å². The summed E-state index contributed by atoms with van der Waals surface area (Å²) in [6.45, 7) is 0. The highest BCUT2D eigenvalue weighted by atomic mass is 32.1. The third-order valence-corrected chi connectivity index (χ3v) is 7.06. The number of carbonyl (C=O) groups is 2. The van der Waals surface area contributed by atoms with Gasteiger partial charge in [0.15, 0.2) is 0 Å². The van der Waals surface area contributed by atoms with E-state index in [2.05, 4.69) is 28.5 Å². The van der Waals surface area contributed by atoms with Gasteiger partial charge in [0.2, 0.25) is 0 Å². The van der Waals surface area contributed by atoms with Crippen LogP contribution in [0, 0.1) is 0 Å². The van der Waals surface area contributed by atoms with Crippen molar-refractivity contribution >= 4 is 34.1 Å². The second-order valence-electron chi connectivity index (χ2n) is 7.73. The lowest BCUT2D eigenvalue weighted by atomic mass is 9.91. The van der Waals surface area contributed by atoms with Gasteiger partial charge in [0.1, 0.15) is 6.04 Å². The first-order valence-corrected chi connectivity index (χ1v) is 11.1. The van der Waals surface area contributed by atoms with E-state index in [9.17, 15) is 9.59 Å². The number of carbonyl (C=O) groups excluding carboxylic acids is 2. The molecule has 1 atom stereocenters. The van der Waals surface area contributed by atoms with Gasteiger partial charge >= 0.3 is 5.97 Å². The molecule has 0 unspecified atom stereocenters. The highest BCUT2D eigenvalue weighted by Gasteiger charge is 2.26. The topological polar surface area (TPSA) is 71.2 Å². The minimum atomic E-state index is -0.761. The number of fused-ring (bicyclic) bond motifs is 4. The summed E-state index contributed by atoms with van der Waals surface area (Å²) in [4.78, 5) is 30.5. The van der Waals surface area contributed by atoms with E-state index >= 15 is 0 Å². The van der Waals surface area contributed by atoms with Crippen molar-refractivity contribution in [2.45, 2.75) is 25.3 Å². The molecule has 2 aromatic carbocycles. The molecule has 1 aliphatic rings. The molecule has 2 aromatic heterocycles. The second kappa shape index (κ2) is 8.04. The lowest BCUT2D eigenvalue weighted by Gasteiger charge is -2.16. The number of benzene rings is 2. The fraction of sp³-hybridized carbons (Fsp3) is 0.200. The molecule has 6 heteroatoms. The standard InChI is InChI=1S/C25H22N2O3S/c1-30-25(29)21(12-17-14-26-20-9-5-4-7-18(17)20)27-24(28)22-13-16-11-10-15-6-2-3-8-19(15)23(16)31-22/h2-9,13-14,21,26H,10-12H2,1H3,(H,27,28)/t21-/m1/s1. The van der Waals surface area contributed by atoms with E-state index in [4.69, 9.17) is 4.74 Å². The Bertz CT molecular complexity index is 1290.